The Morgan fingerprint density at radius 1 is 0.825 bits per heavy atom. The number of nitrogens with two attached hydrogens (primary N) is 3. The highest BCUT2D eigenvalue weighted by atomic mass is 32.2. The monoisotopic (exact) mass is 814 g/mol. The van der Waals surface area contributed by atoms with Crippen LogP contribution in [-0.4, -0.2) is 113 Å². The van der Waals surface area contributed by atoms with E-state index in [1.165, 1.54) is 4.57 Å². The molecular weight excluding hydrogens is 747 g/mol. The molecule has 2 aromatic heterocycles. The lowest BCUT2D eigenvalue weighted by Gasteiger charge is -2.19. The van der Waals surface area contributed by atoms with E-state index in [9.17, 15) is 19.2 Å². The van der Waals surface area contributed by atoms with Crippen molar-refractivity contribution in [3.8, 4) is 0 Å². The lowest BCUT2D eigenvalue weighted by molar-refractivity contribution is -0.123. The zero-order valence-corrected chi connectivity index (χ0v) is 34.7. The molecular formula is C39H67N13O4S. The van der Waals surface area contributed by atoms with Gasteiger partial charge in [0.15, 0.2) is 11.5 Å². The van der Waals surface area contributed by atoms with Crippen LogP contribution in [0.25, 0.3) is 11.2 Å². The number of aromatic amines is 1. The number of nitrogens with one attached hydrogen (secondary N) is 7. The summed E-state index contributed by atoms with van der Waals surface area (Å²) in [6, 6.07) is 5.53. The van der Waals surface area contributed by atoms with Crippen LogP contribution in [0.1, 0.15) is 94.0 Å². The number of unbranched alkanes of at least 4 members (excludes halogenated alkanes) is 3. The molecule has 18 heteroatoms. The number of imidazole rings is 1. The number of carbonyl (C=O) groups is 3. The summed E-state index contributed by atoms with van der Waals surface area (Å²) in [7, 11) is 0. The van der Waals surface area contributed by atoms with Gasteiger partial charge in [0, 0.05) is 31.0 Å². The van der Waals surface area contributed by atoms with Crippen LogP contribution in [0.4, 0.5) is 11.8 Å². The second-order valence-electron chi connectivity index (χ2n) is 14.1. The maximum Gasteiger partial charge on any atom is 0.328 e. The van der Waals surface area contributed by atoms with Crippen LogP contribution in [0.3, 0.4) is 0 Å². The Bertz CT molecular complexity index is 1680. The third kappa shape index (κ3) is 17.4. The fourth-order valence-electron chi connectivity index (χ4n) is 5.88. The third-order valence-electron chi connectivity index (χ3n) is 9.19. The van der Waals surface area contributed by atoms with Crippen molar-refractivity contribution >= 4 is 52.4 Å². The minimum atomic E-state index is -0.768. The molecule has 0 aliphatic rings. The summed E-state index contributed by atoms with van der Waals surface area (Å²) in [4.78, 5) is 63.6. The zero-order chi connectivity index (χ0) is 41.3. The quantitative estimate of drug-likeness (QED) is 0.0415. The number of nitrogens with zero attached hydrogens (tertiary/aromatic N) is 3. The van der Waals surface area contributed by atoms with E-state index in [-0.39, 0.29) is 29.9 Å². The van der Waals surface area contributed by atoms with Crippen LogP contribution in [0.5, 0.6) is 0 Å². The number of carbonyl (C=O) groups excluding carboxylic acids is 3. The number of hydrogen-bond acceptors (Lipinski definition) is 13. The van der Waals surface area contributed by atoms with Crippen molar-refractivity contribution in [1.82, 2.24) is 46.1 Å². The molecule has 0 spiro atoms. The van der Waals surface area contributed by atoms with E-state index in [1.54, 1.807) is 36.0 Å². The van der Waals surface area contributed by atoms with Gasteiger partial charge in [0.1, 0.15) is 11.6 Å². The van der Waals surface area contributed by atoms with Crippen molar-refractivity contribution in [2.24, 2.45) is 11.5 Å². The summed E-state index contributed by atoms with van der Waals surface area (Å²) in [6.07, 6.45) is 8.47. The van der Waals surface area contributed by atoms with Gasteiger partial charge in [-0.15, -0.1) is 0 Å². The van der Waals surface area contributed by atoms with Crippen LogP contribution in [0.2, 0.25) is 0 Å². The van der Waals surface area contributed by atoms with Gasteiger partial charge in [0.2, 0.25) is 17.8 Å². The molecule has 0 bridgehead atoms. The number of hydrogen-bond donors (Lipinski definition) is 10. The van der Waals surface area contributed by atoms with Crippen LogP contribution in [-0.2, 0) is 16.1 Å². The van der Waals surface area contributed by atoms with Gasteiger partial charge in [-0.05, 0) is 114 Å². The molecule has 13 N–H and O–H groups in total. The Morgan fingerprint density at radius 3 is 2.19 bits per heavy atom. The standard InChI is InChI=1S/C39H67N13O4S/c1-3-5-22-47-38-50-33(42)32-34(51-38)52(39(56)49-32)26-28-13-15-29(16-14-28)35(53)48-31(12-6-7-23-45-36(54)30(41)27-57-25-4-2)37(55)46-24-11-21-44-19-9-8-18-43-20-10-17-40/h13-16,30-31,43-44H,3-12,17-27,40-41H2,1-2H3,(H,45,54)(H,46,55)(H,48,53)(H,49,56)(H3,42,47,50,51)/t30-,31-/m0/s1. The summed E-state index contributed by atoms with van der Waals surface area (Å²) >= 11 is 1.66. The van der Waals surface area contributed by atoms with Crippen molar-refractivity contribution in [2.75, 3.05) is 74.9 Å². The van der Waals surface area contributed by atoms with Gasteiger partial charge in [-0.1, -0.05) is 32.4 Å². The third-order valence-corrected chi connectivity index (χ3v) is 10.5. The lowest BCUT2D eigenvalue weighted by Crippen LogP contribution is -2.47. The van der Waals surface area contributed by atoms with Crippen LogP contribution in [0.15, 0.2) is 29.1 Å². The normalized spacial score (nSPS) is 12.4. The SMILES string of the molecule is CCCCNc1nc(N)c2[nH]c(=O)n(Cc3ccc(C(=O)N[C@@H](CCCCNC(=O)[C@@H](N)CSCCC)C(=O)NCCCNCCCCNCCCN)cc3)c2n1. The maximum atomic E-state index is 13.5. The Hall–Kier alpha value is -4.23. The molecule has 3 aromatic rings. The number of thioether (sulfide) groups is 1. The highest BCUT2D eigenvalue weighted by Gasteiger charge is 2.22. The Kier molecular flexibility index (Phi) is 22.7. The maximum absolute atomic E-state index is 13.5. The fraction of sp³-hybridized carbons (Fsp3) is 0.641. The van der Waals surface area contributed by atoms with Gasteiger partial charge in [-0.25, -0.2) is 4.79 Å². The van der Waals surface area contributed by atoms with E-state index < -0.39 is 18.0 Å². The number of anilines is 2. The summed E-state index contributed by atoms with van der Waals surface area (Å²) in [5.74, 6) is 1.22. The molecule has 3 rings (SSSR count). The van der Waals surface area contributed by atoms with E-state index in [0.29, 0.717) is 73.9 Å². The molecule has 0 fully saturated rings. The Labute approximate surface area is 341 Å². The first-order valence-corrected chi connectivity index (χ1v) is 21.7. The number of aromatic nitrogens is 4. The van der Waals surface area contributed by atoms with Crippen molar-refractivity contribution < 1.29 is 14.4 Å². The van der Waals surface area contributed by atoms with Crippen LogP contribution in [0, 0.1) is 0 Å². The number of fused-ring (bicyclic) bond motifs is 1. The fourth-order valence-corrected chi connectivity index (χ4v) is 6.74. The summed E-state index contributed by atoms with van der Waals surface area (Å²) < 4.78 is 1.48. The number of benzene rings is 1. The van der Waals surface area contributed by atoms with Crippen LogP contribution >= 0.6 is 11.8 Å². The smallest absolute Gasteiger partial charge is 0.328 e. The zero-order valence-electron chi connectivity index (χ0n) is 33.9. The first kappa shape index (κ1) is 47.1. The predicted molar refractivity (Wildman–Crippen MR) is 231 cm³/mol. The molecule has 57 heavy (non-hydrogen) atoms. The predicted octanol–water partition coefficient (Wildman–Crippen LogP) is 1.63. The summed E-state index contributed by atoms with van der Waals surface area (Å²) in [6.45, 7) is 10.2. The summed E-state index contributed by atoms with van der Waals surface area (Å²) in [5, 5.41) is 18.7. The number of H-pyrrole nitrogens is 1. The minimum Gasteiger partial charge on any atom is -0.382 e. The molecule has 1 aromatic carbocycles. The van der Waals surface area contributed by atoms with Gasteiger partial charge >= 0.3 is 5.69 Å². The molecule has 3 amide bonds. The molecule has 318 valence electrons. The van der Waals surface area contributed by atoms with Gasteiger partial charge in [0.05, 0.1) is 12.6 Å². The van der Waals surface area contributed by atoms with Crippen molar-refractivity contribution in [3.63, 3.8) is 0 Å². The topological polar surface area (TPSA) is 265 Å². The average molecular weight is 814 g/mol. The van der Waals surface area contributed by atoms with Crippen LogP contribution < -0.4 is 54.8 Å². The Balaban J connectivity index is 1.56. The molecule has 2 atom stereocenters. The van der Waals surface area contributed by atoms with Gasteiger partial charge in [-0.3, -0.25) is 19.0 Å². The largest absolute Gasteiger partial charge is 0.382 e. The molecule has 0 saturated heterocycles. The van der Waals surface area contributed by atoms with Gasteiger partial charge in [-0.2, -0.15) is 21.7 Å². The molecule has 0 radical (unpaired) electrons. The van der Waals surface area contributed by atoms with E-state index in [2.05, 4.69) is 60.7 Å². The highest BCUT2D eigenvalue weighted by Crippen LogP contribution is 2.18. The molecule has 0 aliphatic heterocycles. The molecule has 0 unspecified atom stereocenters. The second-order valence-corrected chi connectivity index (χ2v) is 15.3. The van der Waals surface area contributed by atoms with Crippen molar-refractivity contribution in [3.05, 3.63) is 45.9 Å². The van der Waals surface area contributed by atoms with Crippen molar-refractivity contribution in [1.29, 1.82) is 0 Å². The number of nitrogen functional groups attached to an aromatic ring is 1. The van der Waals surface area contributed by atoms with Gasteiger partial charge < -0.3 is 54.1 Å². The molecule has 0 aliphatic carbocycles. The highest BCUT2D eigenvalue weighted by molar-refractivity contribution is 7.99. The first-order chi connectivity index (χ1) is 27.7. The van der Waals surface area contributed by atoms with E-state index in [0.717, 1.165) is 82.4 Å². The number of rotatable bonds is 31. The number of amides is 3. The lowest BCUT2D eigenvalue weighted by atomic mass is 10.1. The molecule has 2 heterocycles. The van der Waals surface area contributed by atoms with E-state index in [4.69, 9.17) is 17.2 Å². The van der Waals surface area contributed by atoms with Crippen molar-refractivity contribution in [2.45, 2.75) is 96.7 Å². The molecule has 17 nitrogen and oxygen atoms in total. The Morgan fingerprint density at radius 2 is 1.49 bits per heavy atom. The first-order valence-electron chi connectivity index (χ1n) is 20.6. The minimum absolute atomic E-state index is 0.178. The molecule has 0 saturated carbocycles. The average Bonchev–Trinajstić information content (AvgIpc) is 3.52. The summed E-state index contributed by atoms with van der Waals surface area (Å²) in [5.41, 5.74) is 19.2. The van der Waals surface area contributed by atoms with Gasteiger partial charge in [0.25, 0.3) is 5.91 Å². The van der Waals surface area contributed by atoms with E-state index in [1.807, 2.05) is 0 Å². The second kappa shape index (κ2) is 27.4. The van der Waals surface area contributed by atoms with E-state index >= 15 is 0 Å².